The molecule has 2 heterocycles. The molecule has 1 N–H and O–H groups in total. The van der Waals surface area contributed by atoms with Crippen LogP contribution in [0.25, 0.3) is 11.4 Å². The summed E-state index contributed by atoms with van der Waals surface area (Å²) in [4.78, 5) is 6.95. The van der Waals surface area contributed by atoms with E-state index in [2.05, 4.69) is 20.4 Å². The highest BCUT2D eigenvalue weighted by atomic mass is 35.5. The monoisotopic (exact) mass is 322 g/mol. The molecule has 0 amide bonds. The summed E-state index contributed by atoms with van der Waals surface area (Å²) in [7, 11) is 2.04. The molecular weight excluding hydrogens is 300 g/mol. The van der Waals surface area contributed by atoms with Gasteiger partial charge in [0.05, 0.1) is 0 Å². The lowest BCUT2D eigenvalue weighted by Crippen LogP contribution is -2.44. The third kappa shape index (κ3) is 4.29. The third-order valence-electron chi connectivity index (χ3n) is 4.06. The fourth-order valence-corrected chi connectivity index (χ4v) is 2.81. The van der Waals surface area contributed by atoms with E-state index in [4.69, 9.17) is 4.52 Å². The topological polar surface area (TPSA) is 54.2 Å². The van der Waals surface area contributed by atoms with E-state index >= 15 is 0 Å². The molecule has 3 rings (SSSR count). The van der Waals surface area contributed by atoms with Crippen molar-refractivity contribution in [3.8, 4) is 11.4 Å². The average molecular weight is 323 g/mol. The van der Waals surface area contributed by atoms with Crippen molar-refractivity contribution in [1.29, 1.82) is 0 Å². The normalized spacial score (nSPS) is 18.9. The quantitative estimate of drug-likeness (QED) is 0.916. The van der Waals surface area contributed by atoms with Crippen LogP contribution in [0, 0.1) is 0 Å². The van der Waals surface area contributed by atoms with Crippen LogP contribution >= 0.6 is 12.4 Å². The number of hydrogen-bond donors (Lipinski definition) is 1. The van der Waals surface area contributed by atoms with E-state index in [-0.39, 0.29) is 12.4 Å². The van der Waals surface area contributed by atoms with Crippen LogP contribution in [0.2, 0.25) is 0 Å². The van der Waals surface area contributed by atoms with E-state index in [1.165, 1.54) is 12.8 Å². The van der Waals surface area contributed by atoms with Crippen LogP contribution in [0.1, 0.15) is 18.7 Å². The number of halogens is 1. The van der Waals surface area contributed by atoms with Crippen LogP contribution in [-0.4, -0.2) is 47.8 Å². The van der Waals surface area contributed by atoms with Gasteiger partial charge in [-0.2, -0.15) is 4.98 Å². The van der Waals surface area contributed by atoms with Crippen LogP contribution in [0.4, 0.5) is 0 Å². The molecule has 1 aliphatic rings. The third-order valence-corrected chi connectivity index (χ3v) is 4.06. The summed E-state index contributed by atoms with van der Waals surface area (Å²) in [5.74, 6) is 1.40. The van der Waals surface area contributed by atoms with Crippen molar-refractivity contribution in [2.45, 2.75) is 25.3 Å². The number of nitrogens with zero attached hydrogens (tertiary/aromatic N) is 3. The number of nitrogens with one attached hydrogen (secondary N) is 1. The Morgan fingerprint density at radius 3 is 2.91 bits per heavy atom. The van der Waals surface area contributed by atoms with Crippen molar-refractivity contribution < 1.29 is 4.52 Å². The summed E-state index contributed by atoms with van der Waals surface area (Å²) in [6.45, 7) is 3.25. The van der Waals surface area contributed by atoms with Gasteiger partial charge in [0.25, 0.3) is 0 Å². The van der Waals surface area contributed by atoms with Gasteiger partial charge in [0.15, 0.2) is 0 Å². The van der Waals surface area contributed by atoms with Gasteiger partial charge in [0, 0.05) is 31.1 Å². The molecule has 1 unspecified atom stereocenters. The fraction of sp³-hybridized carbons (Fsp3) is 0.500. The van der Waals surface area contributed by atoms with Crippen LogP contribution in [0.3, 0.4) is 0 Å². The minimum Gasteiger partial charge on any atom is -0.339 e. The number of hydrogen-bond acceptors (Lipinski definition) is 5. The maximum Gasteiger partial charge on any atom is 0.228 e. The van der Waals surface area contributed by atoms with Crippen LogP contribution in [0.5, 0.6) is 0 Å². The van der Waals surface area contributed by atoms with Crippen LogP contribution in [-0.2, 0) is 6.42 Å². The average Bonchev–Trinajstić information content (AvgIpc) is 3.03. The van der Waals surface area contributed by atoms with Gasteiger partial charge in [0.1, 0.15) is 0 Å². The van der Waals surface area contributed by atoms with E-state index in [9.17, 15) is 0 Å². The Kier molecular flexibility index (Phi) is 6.36. The minimum atomic E-state index is 0. The fourth-order valence-electron chi connectivity index (χ4n) is 2.81. The molecule has 0 bridgehead atoms. The zero-order valence-electron chi connectivity index (χ0n) is 12.9. The maximum absolute atomic E-state index is 5.36. The highest BCUT2D eigenvalue weighted by molar-refractivity contribution is 5.85. The molecule has 0 spiro atoms. The van der Waals surface area contributed by atoms with Crippen molar-refractivity contribution in [3.05, 3.63) is 36.2 Å². The molecule has 0 saturated carbocycles. The summed E-state index contributed by atoms with van der Waals surface area (Å²) in [6.07, 6.45) is 3.34. The van der Waals surface area contributed by atoms with Crippen LogP contribution < -0.4 is 5.32 Å². The van der Waals surface area contributed by atoms with Crippen molar-refractivity contribution in [2.24, 2.45) is 0 Å². The molecule has 1 saturated heterocycles. The number of likely N-dealkylation sites (tertiary alicyclic amines) is 1. The second-order valence-corrected chi connectivity index (χ2v) is 5.56. The number of piperidine rings is 1. The summed E-state index contributed by atoms with van der Waals surface area (Å²) >= 11 is 0. The number of rotatable bonds is 5. The maximum atomic E-state index is 5.36. The van der Waals surface area contributed by atoms with Gasteiger partial charge < -0.3 is 14.7 Å². The molecular formula is C16H23ClN4O. The number of aromatic nitrogens is 2. The summed E-state index contributed by atoms with van der Waals surface area (Å²) < 4.78 is 5.36. The lowest BCUT2D eigenvalue weighted by atomic mass is 10.1. The molecule has 22 heavy (non-hydrogen) atoms. The lowest BCUT2D eigenvalue weighted by Gasteiger charge is -2.32. The molecule has 6 heteroatoms. The highest BCUT2D eigenvalue weighted by Gasteiger charge is 2.18. The zero-order valence-corrected chi connectivity index (χ0v) is 13.7. The van der Waals surface area contributed by atoms with Gasteiger partial charge in [-0.25, -0.2) is 0 Å². The van der Waals surface area contributed by atoms with E-state index < -0.39 is 0 Å². The zero-order chi connectivity index (χ0) is 14.5. The van der Waals surface area contributed by atoms with E-state index in [0.717, 1.165) is 37.5 Å². The predicted octanol–water partition coefficient (Wildman–Crippen LogP) is 2.38. The van der Waals surface area contributed by atoms with Crippen molar-refractivity contribution in [3.63, 3.8) is 0 Å². The Hall–Kier alpha value is -1.43. The molecule has 1 atom stereocenters. The van der Waals surface area contributed by atoms with Crippen molar-refractivity contribution in [1.82, 2.24) is 20.4 Å². The minimum absolute atomic E-state index is 0. The number of likely N-dealkylation sites (N-methyl/N-ethyl adjacent to an activating group) is 1. The summed E-state index contributed by atoms with van der Waals surface area (Å²) in [5, 5.41) is 7.43. The number of benzene rings is 1. The molecule has 120 valence electrons. The second-order valence-electron chi connectivity index (χ2n) is 5.56. The molecule has 1 fully saturated rings. The molecule has 1 aliphatic heterocycles. The largest absolute Gasteiger partial charge is 0.339 e. The molecule has 1 aromatic heterocycles. The molecule has 1 aromatic carbocycles. The Balaban J connectivity index is 0.00000176. The van der Waals surface area contributed by atoms with Crippen LogP contribution in [0.15, 0.2) is 34.9 Å². The SMILES string of the molecule is CNC1CCCN(CCc2nc(-c3ccccc3)no2)C1.Cl. The summed E-state index contributed by atoms with van der Waals surface area (Å²) in [6, 6.07) is 10.6. The first-order valence-electron chi connectivity index (χ1n) is 7.63. The first-order valence-corrected chi connectivity index (χ1v) is 7.63. The molecule has 0 aliphatic carbocycles. The van der Waals surface area contributed by atoms with Crippen molar-refractivity contribution in [2.75, 3.05) is 26.7 Å². The van der Waals surface area contributed by atoms with Gasteiger partial charge in [-0.15, -0.1) is 12.4 Å². The van der Waals surface area contributed by atoms with Gasteiger partial charge in [-0.3, -0.25) is 0 Å². The highest BCUT2D eigenvalue weighted by Crippen LogP contribution is 2.15. The molecule has 2 aromatic rings. The Morgan fingerprint density at radius 2 is 2.14 bits per heavy atom. The molecule has 5 nitrogen and oxygen atoms in total. The second kappa shape index (κ2) is 8.27. The Bertz CT molecular complexity index is 560. The Labute approximate surface area is 137 Å². The smallest absolute Gasteiger partial charge is 0.228 e. The standard InChI is InChI=1S/C16H22N4O.ClH/c1-17-14-8-5-10-20(12-14)11-9-15-18-16(19-21-15)13-6-3-2-4-7-13;/h2-4,6-7,14,17H,5,8-12H2,1H3;1H. The predicted molar refractivity (Wildman–Crippen MR) is 89.2 cm³/mol. The molecule has 0 radical (unpaired) electrons. The van der Waals surface area contributed by atoms with Gasteiger partial charge in [0.2, 0.25) is 11.7 Å². The van der Waals surface area contributed by atoms with E-state index in [1.807, 2.05) is 37.4 Å². The summed E-state index contributed by atoms with van der Waals surface area (Å²) in [5.41, 5.74) is 1.00. The van der Waals surface area contributed by atoms with E-state index in [1.54, 1.807) is 0 Å². The van der Waals surface area contributed by atoms with Crippen molar-refractivity contribution >= 4 is 12.4 Å². The first-order chi connectivity index (χ1) is 10.3. The van der Waals surface area contributed by atoms with E-state index in [0.29, 0.717) is 11.9 Å². The lowest BCUT2D eigenvalue weighted by molar-refractivity contribution is 0.191. The Morgan fingerprint density at radius 1 is 1.32 bits per heavy atom. The van der Waals surface area contributed by atoms with Gasteiger partial charge in [-0.1, -0.05) is 35.5 Å². The first kappa shape index (κ1) is 16.9. The van der Waals surface area contributed by atoms with Gasteiger partial charge >= 0.3 is 0 Å². The van der Waals surface area contributed by atoms with Gasteiger partial charge in [-0.05, 0) is 26.4 Å².